The van der Waals surface area contributed by atoms with E-state index in [1.54, 1.807) is 10.7 Å². The van der Waals surface area contributed by atoms with E-state index in [2.05, 4.69) is 20.8 Å². The summed E-state index contributed by atoms with van der Waals surface area (Å²) < 4.78 is 1.69. The monoisotopic (exact) mass is 325 g/mol. The van der Waals surface area contributed by atoms with E-state index in [0.29, 0.717) is 16.7 Å². The van der Waals surface area contributed by atoms with Crippen LogP contribution in [-0.2, 0) is 11.3 Å². The van der Waals surface area contributed by atoms with Gasteiger partial charge in [0, 0.05) is 11.6 Å². The van der Waals surface area contributed by atoms with E-state index in [9.17, 15) is 4.79 Å². The van der Waals surface area contributed by atoms with Gasteiger partial charge in [-0.05, 0) is 42.0 Å². The quantitative estimate of drug-likeness (QED) is 0.825. The van der Waals surface area contributed by atoms with Crippen LogP contribution in [0.5, 0.6) is 0 Å². The normalized spacial score (nSPS) is 10.9. The molecule has 0 saturated carbocycles. The maximum atomic E-state index is 11.8. The molecule has 21 heavy (non-hydrogen) atoms. The number of nitrogens with one attached hydrogen (secondary N) is 1. The molecule has 6 nitrogen and oxygen atoms in total. The Labute approximate surface area is 132 Å². The Morgan fingerprint density at radius 3 is 3.00 bits per heavy atom. The zero-order chi connectivity index (χ0) is 15.2. The summed E-state index contributed by atoms with van der Waals surface area (Å²) in [6.45, 7) is 4.42. The summed E-state index contributed by atoms with van der Waals surface area (Å²) in [5, 5.41) is 15.6. The fraction of sp³-hybridized carbons (Fsp3) is 0.385. The Kier molecular flexibility index (Phi) is 5.58. The van der Waals surface area contributed by atoms with Crippen molar-refractivity contribution in [3.8, 4) is 0 Å². The number of hydrogen-bond acceptors (Lipinski definition) is 5. The molecular formula is C13H16ClN5OS. The first-order chi connectivity index (χ1) is 10.1. The van der Waals surface area contributed by atoms with Gasteiger partial charge < -0.3 is 5.32 Å². The zero-order valence-corrected chi connectivity index (χ0v) is 13.4. The minimum Gasteiger partial charge on any atom is -0.351 e. The molecule has 0 bridgehead atoms. The minimum atomic E-state index is -0.0710. The molecule has 0 aliphatic rings. The molecule has 0 atom stereocenters. The van der Waals surface area contributed by atoms with Crippen LogP contribution in [0.1, 0.15) is 25.5 Å². The first-order valence-corrected chi connectivity index (χ1v) is 7.84. The molecule has 0 aliphatic carbocycles. The van der Waals surface area contributed by atoms with E-state index in [1.807, 2.05) is 32.0 Å². The van der Waals surface area contributed by atoms with Crippen LogP contribution in [0.2, 0.25) is 5.02 Å². The summed E-state index contributed by atoms with van der Waals surface area (Å²) in [5.74, 6) is 0.200. The molecule has 0 unspecified atom stereocenters. The summed E-state index contributed by atoms with van der Waals surface area (Å²) in [6, 6.07) is 7.56. The van der Waals surface area contributed by atoms with Gasteiger partial charge in [0.2, 0.25) is 11.1 Å². The molecule has 2 rings (SSSR count). The highest BCUT2D eigenvalue weighted by molar-refractivity contribution is 7.99. The van der Waals surface area contributed by atoms with Crippen LogP contribution >= 0.6 is 23.4 Å². The zero-order valence-electron chi connectivity index (χ0n) is 11.8. The van der Waals surface area contributed by atoms with Gasteiger partial charge in [-0.2, -0.15) is 0 Å². The third kappa shape index (κ3) is 4.71. The van der Waals surface area contributed by atoms with Crippen LogP contribution in [0.25, 0.3) is 0 Å². The lowest BCUT2D eigenvalue weighted by Crippen LogP contribution is -2.24. The van der Waals surface area contributed by atoms with Crippen LogP contribution in [-0.4, -0.2) is 31.9 Å². The summed E-state index contributed by atoms with van der Waals surface area (Å²) >= 11 is 7.21. The van der Waals surface area contributed by atoms with Crippen LogP contribution < -0.4 is 5.32 Å². The van der Waals surface area contributed by atoms with Crippen molar-refractivity contribution in [3.05, 3.63) is 34.9 Å². The largest absolute Gasteiger partial charge is 0.351 e. The Morgan fingerprint density at radius 2 is 2.29 bits per heavy atom. The Bertz CT molecular complexity index is 616. The fourth-order valence-electron chi connectivity index (χ4n) is 1.63. The number of thioether (sulfide) groups is 1. The SMILES string of the molecule is CC(C)n1nnnc1SCC(=O)NCc1cccc(Cl)c1. The summed E-state index contributed by atoms with van der Waals surface area (Å²) in [5.41, 5.74) is 0.966. The van der Waals surface area contributed by atoms with Crippen molar-refractivity contribution in [2.45, 2.75) is 31.6 Å². The van der Waals surface area contributed by atoms with Gasteiger partial charge in [0.1, 0.15) is 0 Å². The molecule has 1 aromatic carbocycles. The van der Waals surface area contributed by atoms with Gasteiger partial charge in [0.15, 0.2) is 0 Å². The van der Waals surface area contributed by atoms with E-state index < -0.39 is 0 Å². The van der Waals surface area contributed by atoms with E-state index in [4.69, 9.17) is 11.6 Å². The second-order valence-corrected chi connectivity index (χ2v) is 6.07. The second-order valence-electron chi connectivity index (χ2n) is 4.70. The third-order valence-corrected chi connectivity index (χ3v) is 3.83. The molecule has 0 aliphatic heterocycles. The van der Waals surface area contributed by atoms with Crippen molar-refractivity contribution < 1.29 is 4.79 Å². The molecule has 0 fully saturated rings. The molecular weight excluding hydrogens is 310 g/mol. The Balaban J connectivity index is 1.81. The number of carbonyl (C=O) groups excluding carboxylic acids is 1. The number of aromatic nitrogens is 4. The highest BCUT2D eigenvalue weighted by atomic mass is 35.5. The van der Waals surface area contributed by atoms with Crippen molar-refractivity contribution >= 4 is 29.3 Å². The first-order valence-electron chi connectivity index (χ1n) is 6.48. The van der Waals surface area contributed by atoms with Crippen LogP contribution in [0, 0.1) is 0 Å². The van der Waals surface area contributed by atoms with E-state index in [1.165, 1.54) is 11.8 Å². The molecule has 1 heterocycles. The van der Waals surface area contributed by atoms with Crippen molar-refractivity contribution in [2.24, 2.45) is 0 Å². The molecule has 0 radical (unpaired) electrons. The van der Waals surface area contributed by atoms with Crippen molar-refractivity contribution in [2.75, 3.05) is 5.75 Å². The smallest absolute Gasteiger partial charge is 0.230 e. The number of halogens is 1. The lowest BCUT2D eigenvalue weighted by atomic mass is 10.2. The molecule has 0 saturated heterocycles. The predicted molar refractivity (Wildman–Crippen MR) is 82.2 cm³/mol. The topological polar surface area (TPSA) is 72.7 Å². The molecule has 112 valence electrons. The molecule has 1 amide bonds. The highest BCUT2D eigenvalue weighted by Gasteiger charge is 2.11. The lowest BCUT2D eigenvalue weighted by Gasteiger charge is -2.07. The molecule has 0 spiro atoms. The Hall–Kier alpha value is -1.60. The number of benzene rings is 1. The van der Waals surface area contributed by atoms with Crippen LogP contribution in [0.3, 0.4) is 0 Å². The van der Waals surface area contributed by atoms with Crippen molar-refractivity contribution in [1.29, 1.82) is 0 Å². The Morgan fingerprint density at radius 1 is 1.48 bits per heavy atom. The third-order valence-electron chi connectivity index (χ3n) is 2.66. The average Bonchev–Trinajstić information content (AvgIpc) is 2.91. The van der Waals surface area contributed by atoms with Gasteiger partial charge in [0.05, 0.1) is 11.8 Å². The average molecular weight is 326 g/mol. The summed E-state index contributed by atoms with van der Waals surface area (Å²) in [7, 11) is 0. The van der Waals surface area contributed by atoms with Crippen LogP contribution in [0.15, 0.2) is 29.4 Å². The number of amides is 1. The standard InChI is InChI=1S/C13H16ClN5OS/c1-9(2)19-13(16-17-18-19)21-8-12(20)15-7-10-4-3-5-11(14)6-10/h3-6,9H,7-8H2,1-2H3,(H,15,20). The number of tetrazole rings is 1. The predicted octanol–water partition coefficient (Wildman–Crippen LogP) is 2.32. The van der Waals surface area contributed by atoms with Gasteiger partial charge >= 0.3 is 0 Å². The lowest BCUT2D eigenvalue weighted by molar-refractivity contribution is -0.118. The molecule has 2 aromatic rings. The summed E-state index contributed by atoms with van der Waals surface area (Å²) in [6.07, 6.45) is 0. The van der Waals surface area contributed by atoms with Gasteiger partial charge in [-0.15, -0.1) is 5.10 Å². The number of carbonyl (C=O) groups is 1. The first kappa shape index (κ1) is 15.8. The van der Waals surface area contributed by atoms with E-state index in [0.717, 1.165) is 5.56 Å². The van der Waals surface area contributed by atoms with Crippen molar-refractivity contribution in [1.82, 2.24) is 25.5 Å². The van der Waals surface area contributed by atoms with Gasteiger partial charge in [0.25, 0.3) is 0 Å². The number of hydrogen-bond donors (Lipinski definition) is 1. The van der Waals surface area contributed by atoms with Crippen molar-refractivity contribution in [3.63, 3.8) is 0 Å². The maximum Gasteiger partial charge on any atom is 0.230 e. The van der Waals surface area contributed by atoms with Crippen LogP contribution in [0.4, 0.5) is 0 Å². The highest BCUT2D eigenvalue weighted by Crippen LogP contribution is 2.17. The second kappa shape index (κ2) is 7.42. The number of nitrogens with zero attached hydrogens (tertiary/aromatic N) is 4. The molecule has 1 aromatic heterocycles. The minimum absolute atomic E-state index is 0.0710. The molecule has 8 heteroatoms. The molecule has 1 N–H and O–H groups in total. The van der Waals surface area contributed by atoms with Gasteiger partial charge in [-0.3, -0.25) is 4.79 Å². The maximum absolute atomic E-state index is 11.8. The van der Waals surface area contributed by atoms with Gasteiger partial charge in [-0.1, -0.05) is 35.5 Å². The van der Waals surface area contributed by atoms with E-state index >= 15 is 0 Å². The van der Waals surface area contributed by atoms with Gasteiger partial charge in [-0.25, -0.2) is 4.68 Å². The number of rotatable bonds is 6. The fourth-order valence-corrected chi connectivity index (χ4v) is 2.68. The summed E-state index contributed by atoms with van der Waals surface area (Å²) in [4.78, 5) is 11.8. The van der Waals surface area contributed by atoms with E-state index in [-0.39, 0.29) is 17.7 Å².